The topological polar surface area (TPSA) is 59.9 Å². The molecule has 2 aromatic rings. The number of H-pyrrole nitrogens is 1. The van der Waals surface area contributed by atoms with E-state index in [4.69, 9.17) is 27.9 Å². The maximum absolute atomic E-state index is 11.1. The second kappa shape index (κ2) is 6.36. The summed E-state index contributed by atoms with van der Waals surface area (Å²) in [4.78, 5) is 11.1. The maximum atomic E-state index is 11.1. The molecule has 0 saturated carbocycles. The summed E-state index contributed by atoms with van der Waals surface area (Å²) in [6, 6.07) is 5.19. The lowest BCUT2D eigenvalue weighted by Crippen LogP contribution is -2.13. The summed E-state index contributed by atoms with van der Waals surface area (Å²) in [7, 11) is 1.65. The highest BCUT2D eigenvalue weighted by Crippen LogP contribution is 2.32. The molecule has 5 nitrogen and oxygen atoms in total. The molecule has 0 aliphatic carbocycles. The molecule has 0 bridgehead atoms. The number of halogens is 2. The van der Waals surface area contributed by atoms with Crippen molar-refractivity contribution in [1.29, 1.82) is 0 Å². The van der Waals surface area contributed by atoms with Crippen LogP contribution in [0.15, 0.2) is 28.2 Å². The Bertz CT molecular complexity index is 606. The van der Waals surface area contributed by atoms with E-state index in [0.29, 0.717) is 33.3 Å². The van der Waals surface area contributed by atoms with Crippen LogP contribution in [-0.4, -0.2) is 27.1 Å². The van der Waals surface area contributed by atoms with Gasteiger partial charge in [0.15, 0.2) is 10.9 Å². The van der Waals surface area contributed by atoms with Crippen molar-refractivity contribution < 1.29 is 4.74 Å². The molecule has 0 aliphatic heterocycles. The van der Waals surface area contributed by atoms with Crippen LogP contribution in [0.25, 0.3) is 0 Å². The molecule has 0 amide bonds. The molecule has 0 saturated heterocycles. The lowest BCUT2D eigenvalue weighted by molar-refractivity contribution is 0.344. The summed E-state index contributed by atoms with van der Waals surface area (Å²) >= 11 is 13.4. The fourth-order valence-electron chi connectivity index (χ4n) is 1.36. The quantitative estimate of drug-likeness (QED) is 0.679. The van der Waals surface area contributed by atoms with Crippen LogP contribution in [0.4, 0.5) is 0 Å². The number of rotatable bonds is 5. The molecule has 1 aromatic carbocycles. The Labute approximate surface area is 123 Å². The third kappa shape index (κ3) is 3.46. The van der Waals surface area contributed by atoms with Crippen LogP contribution >= 0.6 is 35.0 Å². The molecular formula is C11H11Cl2N3O2S. The Balaban J connectivity index is 1.88. The minimum atomic E-state index is -0.238. The minimum absolute atomic E-state index is 0.238. The first-order valence-electron chi connectivity index (χ1n) is 5.40. The highest BCUT2D eigenvalue weighted by Gasteiger charge is 2.08. The average molecular weight is 320 g/mol. The monoisotopic (exact) mass is 319 g/mol. The van der Waals surface area contributed by atoms with Gasteiger partial charge < -0.3 is 4.74 Å². The van der Waals surface area contributed by atoms with Gasteiger partial charge in [0.1, 0.15) is 0 Å². The molecule has 0 radical (unpaired) electrons. The van der Waals surface area contributed by atoms with Crippen LogP contribution in [0.3, 0.4) is 0 Å². The van der Waals surface area contributed by atoms with E-state index in [0.717, 1.165) is 0 Å². The van der Waals surface area contributed by atoms with Crippen molar-refractivity contribution in [2.45, 2.75) is 5.16 Å². The molecule has 1 N–H and O–H groups in total. The number of benzene rings is 1. The van der Waals surface area contributed by atoms with Gasteiger partial charge >= 0.3 is 5.69 Å². The van der Waals surface area contributed by atoms with Crippen molar-refractivity contribution >= 4 is 35.0 Å². The Kier molecular flexibility index (Phi) is 4.79. The average Bonchev–Trinajstić information content (AvgIpc) is 2.69. The van der Waals surface area contributed by atoms with Crippen molar-refractivity contribution in [2.24, 2.45) is 7.05 Å². The number of nitrogens with one attached hydrogen (secondary N) is 1. The molecule has 0 fully saturated rings. The molecule has 19 heavy (non-hydrogen) atoms. The molecule has 0 aliphatic rings. The summed E-state index contributed by atoms with van der Waals surface area (Å²) < 4.78 is 6.96. The summed E-state index contributed by atoms with van der Waals surface area (Å²) in [5.74, 6) is 1.10. The van der Waals surface area contributed by atoms with E-state index in [1.54, 1.807) is 25.2 Å². The third-order valence-corrected chi connectivity index (χ3v) is 3.91. The first kappa shape index (κ1) is 14.3. The first-order chi connectivity index (χ1) is 9.09. The van der Waals surface area contributed by atoms with Crippen molar-refractivity contribution in [3.63, 3.8) is 0 Å². The van der Waals surface area contributed by atoms with Gasteiger partial charge in [0.05, 0.1) is 16.7 Å². The van der Waals surface area contributed by atoms with Crippen LogP contribution in [0.5, 0.6) is 5.75 Å². The summed E-state index contributed by atoms with van der Waals surface area (Å²) in [6.07, 6.45) is 0. The fraction of sp³-hybridized carbons (Fsp3) is 0.273. The maximum Gasteiger partial charge on any atom is 0.343 e. The largest absolute Gasteiger partial charge is 0.490 e. The van der Waals surface area contributed by atoms with E-state index in [1.807, 2.05) is 0 Å². The highest BCUT2D eigenvalue weighted by atomic mass is 35.5. The zero-order valence-electron chi connectivity index (χ0n) is 10.0. The Hall–Kier alpha value is -1.11. The van der Waals surface area contributed by atoms with Gasteiger partial charge in [-0.2, -0.15) is 0 Å². The van der Waals surface area contributed by atoms with Gasteiger partial charge in [-0.05, 0) is 12.1 Å². The Morgan fingerprint density at radius 3 is 2.68 bits per heavy atom. The molecular weight excluding hydrogens is 309 g/mol. The first-order valence-corrected chi connectivity index (χ1v) is 7.14. The Morgan fingerprint density at radius 2 is 2.11 bits per heavy atom. The third-order valence-electron chi connectivity index (χ3n) is 2.32. The van der Waals surface area contributed by atoms with Crippen molar-refractivity contribution in [3.8, 4) is 5.75 Å². The van der Waals surface area contributed by atoms with Crippen LogP contribution in [0, 0.1) is 0 Å². The van der Waals surface area contributed by atoms with Gasteiger partial charge in [0.2, 0.25) is 0 Å². The minimum Gasteiger partial charge on any atom is -0.490 e. The number of para-hydroxylation sites is 1. The standard InChI is InChI=1S/C11H11Cl2N3O2S/c1-16-10(17)14-15-11(16)19-6-5-18-9-7(12)3-2-4-8(9)13/h2-4H,5-6H2,1H3,(H,14,17). The lowest BCUT2D eigenvalue weighted by Gasteiger charge is -2.08. The SMILES string of the molecule is Cn1c(SCCOc2c(Cl)cccc2Cl)n[nH]c1=O. The van der Waals surface area contributed by atoms with Crippen molar-refractivity contribution in [2.75, 3.05) is 12.4 Å². The van der Waals surface area contributed by atoms with E-state index < -0.39 is 0 Å². The lowest BCUT2D eigenvalue weighted by atomic mass is 10.3. The number of thioether (sulfide) groups is 1. The number of hydrogen-bond donors (Lipinski definition) is 1. The van der Waals surface area contributed by atoms with Crippen LogP contribution in [0.1, 0.15) is 0 Å². The van der Waals surface area contributed by atoms with Gasteiger partial charge in [0, 0.05) is 12.8 Å². The molecule has 8 heteroatoms. The molecule has 0 unspecified atom stereocenters. The summed E-state index contributed by atoms with van der Waals surface area (Å²) in [5.41, 5.74) is -0.238. The van der Waals surface area contributed by atoms with Crippen molar-refractivity contribution in [3.05, 3.63) is 38.7 Å². The summed E-state index contributed by atoms with van der Waals surface area (Å²) in [5, 5.41) is 7.81. The van der Waals surface area contributed by atoms with E-state index in [2.05, 4.69) is 10.2 Å². The van der Waals surface area contributed by atoms with E-state index >= 15 is 0 Å². The van der Waals surface area contributed by atoms with E-state index in [9.17, 15) is 4.79 Å². The van der Waals surface area contributed by atoms with E-state index in [1.165, 1.54) is 16.3 Å². The number of hydrogen-bond acceptors (Lipinski definition) is 4. The number of aromatic amines is 1. The predicted octanol–water partition coefficient (Wildman–Crippen LogP) is 2.59. The van der Waals surface area contributed by atoms with Crippen molar-refractivity contribution in [1.82, 2.24) is 14.8 Å². The highest BCUT2D eigenvalue weighted by molar-refractivity contribution is 7.99. The molecule has 1 aromatic heterocycles. The zero-order valence-corrected chi connectivity index (χ0v) is 12.3. The number of aromatic nitrogens is 3. The smallest absolute Gasteiger partial charge is 0.343 e. The molecule has 102 valence electrons. The fourth-order valence-corrected chi connectivity index (χ4v) is 2.60. The Morgan fingerprint density at radius 1 is 1.42 bits per heavy atom. The molecule has 1 heterocycles. The van der Waals surface area contributed by atoms with Gasteiger partial charge in [-0.3, -0.25) is 4.57 Å². The van der Waals surface area contributed by atoms with Gasteiger partial charge in [-0.1, -0.05) is 41.0 Å². The van der Waals surface area contributed by atoms with Gasteiger partial charge in [-0.25, -0.2) is 9.89 Å². The normalized spacial score (nSPS) is 10.7. The van der Waals surface area contributed by atoms with Crippen LogP contribution in [-0.2, 0) is 7.05 Å². The number of ether oxygens (including phenoxy) is 1. The van der Waals surface area contributed by atoms with Gasteiger partial charge in [-0.15, -0.1) is 5.10 Å². The van der Waals surface area contributed by atoms with Gasteiger partial charge in [0.25, 0.3) is 0 Å². The summed E-state index contributed by atoms with van der Waals surface area (Å²) in [6.45, 7) is 0.412. The predicted molar refractivity (Wildman–Crippen MR) is 76.5 cm³/mol. The van der Waals surface area contributed by atoms with E-state index in [-0.39, 0.29) is 5.69 Å². The molecule has 0 atom stereocenters. The molecule has 2 rings (SSSR count). The van der Waals surface area contributed by atoms with Crippen LogP contribution in [0.2, 0.25) is 10.0 Å². The molecule has 0 spiro atoms. The zero-order chi connectivity index (χ0) is 13.8. The second-order valence-electron chi connectivity index (χ2n) is 3.62. The second-order valence-corrected chi connectivity index (χ2v) is 5.49. The van der Waals surface area contributed by atoms with Crippen LogP contribution < -0.4 is 10.4 Å². The number of nitrogens with zero attached hydrogens (tertiary/aromatic N) is 2.